The van der Waals surface area contributed by atoms with Crippen LogP contribution in [0.5, 0.6) is 0 Å². The Morgan fingerprint density at radius 2 is 1.83 bits per heavy atom. The summed E-state index contributed by atoms with van der Waals surface area (Å²) in [5.74, 6) is 0. The van der Waals surface area contributed by atoms with Gasteiger partial charge in [-0.1, -0.05) is 51.3 Å². The molecule has 0 saturated heterocycles. The van der Waals surface area contributed by atoms with Crippen LogP contribution in [0, 0.1) is 0 Å². The molecule has 2 rings (SSSR count). The van der Waals surface area contributed by atoms with Gasteiger partial charge in [0.25, 0.3) is 0 Å². The van der Waals surface area contributed by atoms with Crippen LogP contribution in [0.1, 0.15) is 11.1 Å². The summed E-state index contributed by atoms with van der Waals surface area (Å²) >= 11 is 15.5. The van der Waals surface area contributed by atoms with Crippen LogP contribution in [0.4, 0.5) is 11.4 Å². The monoisotopic (exact) mass is 344 g/mol. The first-order valence-corrected chi connectivity index (χ1v) is 6.80. The summed E-state index contributed by atoms with van der Waals surface area (Å²) in [4.78, 5) is 0. The van der Waals surface area contributed by atoms with Gasteiger partial charge in [-0.3, -0.25) is 0 Å². The third-order valence-corrected chi connectivity index (χ3v) is 3.90. The predicted octanol–water partition coefficient (Wildman–Crippen LogP) is 4.51. The highest BCUT2D eigenvalue weighted by Crippen LogP contribution is 2.36. The van der Waals surface area contributed by atoms with Crippen LogP contribution < -0.4 is 11.5 Å². The Labute approximate surface area is 124 Å². The second kappa shape index (κ2) is 5.39. The standard InChI is InChI=1S/C13H11BrCl2N2/c14-8-3-1-2-7(4-8)5-9-11(17)6-10(15)13(18)12(9)16/h1-4,6H,5,17-18H2. The zero-order chi connectivity index (χ0) is 13.3. The van der Waals surface area contributed by atoms with Gasteiger partial charge in [0, 0.05) is 22.1 Å². The summed E-state index contributed by atoms with van der Waals surface area (Å²) < 4.78 is 1.01. The Bertz CT molecular complexity index is 600. The maximum absolute atomic E-state index is 6.19. The van der Waals surface area contributed by atoms with Crippen molar-refractivity contribution >= 4 is 50.5 Å². The Balaban J connectivity index is 2.44. The maximum Gasteiger partial charge on any atom is 0.0706 e. The SMILES string of the molecule is Nc1cc(Cl)c(N)c(Cl)c1Cc1cccc(Br)c1. The molecule has 0 radical (unpaired) electrons. The van der Waals surface area contributed by atoms with Crippen LogP contribution >= 0.6 is 39.1 Å². The second-order valence-corrected chi connectivity index (χ2v) is 5.66. The van der Waals surface area contributed by atoms with Crippen molar-refractivity contribution in [3.8, 4) is 0 Å². The van der Waals surface area contributed by atoms with E-state index in [2.05, 4.69) is 15.9 Å². The molecular weight excluding hydrogens is 335 g/mol. The number of nitrogen functional groups attached to an aromatic ring is 2. The van der Waals surface area contributed by atoms with E-state index in [1.54, 1.807) is 6.07 Å². The first kappa shape index (κ1) is 13.5. The quantitative estimate of drug-likeness (QED) is 0.786. The zero-order valence-electron chi connectivity index (χ0n) is 9.38. The summed E-state index contributed by atoms with van der Waals surface area (Å²) in [7, 11) is 0. The van der Waals surface area contributed by atoms with Crippen molar-refractivity contribution in [2.45, 2.75) is 6.42 Å². The fourth-order valence-corrected chi connectivity index (χ4v) is 2.71. The Hall–Kier alpha value is -0.900. The van der Waals surface area contributed by atoms with Gasteiger partial charge in [-0.15, -0.1) is 0 Å². The minimum Gasteiger partial charge on any atom is -0.398 e. The van der Waals surface area contributed by atoms with Gasteiger partial charge in [0.15, 0.2) is 0 Å². The molecule has 0 aromatic heterocycles. The third-order valence-electron chi connectivity index (χ3n) is 2.66. The summed E-state index contributed by atoms with van der Waals surface area (Å²) in [5, 5.41) is 0.815. The average molecular weight is 346 g/mol. The fourth-order valence-electron chi connectivity index (χ4n) is 1.73. The minimum atomic E-state index is 0.373. The van der Waals surface area contributed by atoms with Crippen molar-refractivity contribution < 1.29 is 0 Å². The first-order valence-electron chi connectivity index (χ1n) is 5.25. The van der Waals surface area contributed by atoms with Crippen molar-refractivity contribution in [3.63, 3.8) is 0 Å². The highest BCUT2D eigenvalue weighted by atomic mass is 79.9. The highest BCUT2D eigenvalue weighted by molar-refractivity contribution is 9.10. The largest absolute Gasteiger partial charge is 0.398 e. The molecule has 0 aliphatic heterocycles. The van der Waals surface area contributed by atoms with Gasteiger partial charge in [0.05, 0.1) is 15.7 Å². The first-order chi connectivity index (χ1) is 8.49. The van der Waals surface area contributed by atoms with E-state index in [0.717, 1.165) is 15.6 Å². The Morgan fingerprint density at radius 1 is 1.11 bits per heavy atom. The maximum atomic E-state index is 6.19. The molecule has 5 heteroatoms. The molecule has 0 aliphatic rings. The van der Waals surface area contributed by atoms with Gasteiger partial charge in [0.1, 0.15) is 0 Å². The van der Waals surface area contributed by atoms with E-state index in [9.17, 15) is 0 Å². The van der Waals surface area contributed by atoms with Crippen molar-refractivity contribution in [2.24, 2.45) is 0 Å². The van der Waals surface area contributed by atoms with Crippen LogP contribution in [0.25, 0.3) is 0 Å². The van der Waals surface area contributed by atoms with Crippen LogP contribution in [0.2, 0.25) is 10.0 Å². The Kier molecular flexibility index (Phi) is 4.05. The van der Waals surface area contributed by atoms with E-state index in [1.165, 1.54) is 0 Å². The smallest absolute Gasteiger partial charge is 0.0706 e. The topological polar surface area (TPSA) is 52.0 Å². The predicted molar refractivity (Wildman–Crippen MR) is 82.2 cm³/mol. The summed E-state index contributed by atoms with van der Waals surface area (Å²) in [5.41, 5.74) is 14.6. The van der Waals surface area contributed by atoms with E-state index >= 15 is 0 Å². The molecule has 0 fully saturated rings. The van der Waals surface area contributed by atoms with E-state index in [0.29, 0.717) is 27.8 Å². The van der Waals surface area contributed by atoms with Crippen molar-refractivity contribution in [2.75, 3.05) is 11.5 Å². The van der Waals surface area contributed by atoms with E-state index in [-0.39, 0.29) is 0 Å². The number of anilines is 2. The van der Waals surface area contributed by atoms with Crippen LogP contribution in [-0.2, 0) is 6.42 Å². The summed E-state index contributed by atoms with van der Waals surface area (Å²) in [6.45, 7) is 0. The number of hydrogen-bond acceptors (Lipinski definition) is 2. The lowest BCUT2D eigenvalue weighted by atomic mass is 10.0. The van der Waals surface area contributed by atoms with E-state index in [4.69, 9.17) is 34.7 Å². The van der Waals surface area contributed by atoms with E-state index in [1.807, 2.05) is 24.3 Å². The summed E-state index contributed by atoms with van der Waals surface area (Å²) in [6.07, 6.45) is 0.617. The van der Waals surface area contributed by atoms with Gasteiger partial charge in [-0.25, -0.2) is 0 Å². The van der Waals surface area contributed by atoms with Gasteiger partial charge >= 0.3 is 0 Å². The lowest BCUT2D eigenvalue weighted by Crippen LogP contribution is -2.01. The molecule has 4 N–H and O–H groups in total. The minimum absolute atomic E-state index is 0.373. The molecule has 0 amide bonds. The van der Waals surface area contributed by atoms with Gasteiger partial charge in [-0.05, 0) is 23.8 Å². The van der Waals surface area contributed by atoms with Crippen LogP contribution in [-0.4, -0.2) is 0 Å². The average Bonchev–Trinajstić information content (AvgIpc) is 2.32. The Morgan fingerprint density at radius 3 is 2.50 bits per heavy atom. The number of benzene rings is 2. The number of halogens is 3. The molecular formula is C13H11BrCl2N2. The van der Waals surface area contributed by atoms with Gasteiger partial charge < -0.3 is 11.5 Å². The number of rotatable bonds is 2. The van der Waals surface area contributed by atoms with Crippen molar-refractivity contribution in [1.82, 2.24) is 0 Å². The van der Waals surface area contributed by atoms with Crippen molar-refractivity contribution in [1.29, 1.82) is 0 Å². The third kappa shape index (κ3) is 2.74. The molecule has 0 aliphatic carbocycles. The molecule has 2 aromatic carbocycles. The molecule has 0 saturated carbocycles. The molecule has 0 atom stereocenters. The van der Waals surface area contributed by atoms with Crippen molar-refractivity contribution in [3.05, 3.63) is 56.0 Å². The van der Waals surface area contributed by atoms with Crippen LogP contribution in [0.15, 0.2) is 34.8 Å². The normalized spacial score (nSPS) is 10.6. The molecule has 0 spiro atoms. The van der Waals surface area contributed by atoms with E-state index < -0.39 is 0 Å². The molecule has 2 aromatic rings. The molecule has 94 valence electrons. The molecule has 18 heavy (non-hydrogen) atoms. The lowest BCUT2D eigenvalue weighted by Gasteiger charge is -2.12. The lowest BCUT2D eigenvalue weighted by molar-refractivity contribution is 1.19. The molecule has 0 bridgehead atoms. The molecule has 0 heterocycles. The molecule has 2 nitrogen and oxygen atoms in total. The number of hydrogen-bond donors (Lipinski definition) is 2. The van der Waals surface area contributed by atoms with Crippen LogP contribution in [0.3, 0.4) is 0 Å². The molecule has 0 unspecified atom stereocenters. The van der Waals surface area contributed by atoms with Gasteiger partial charge in [-0.2, -0.15) is 0 Å². The second-order valence-electron chi connectivity index (χ2n) is 3.96. The van der Waals surface area contributed by atoms with Gasteiger partial charge in [0.2, 0.25) is 0 Å². The number of nitrogens with two attached hydrogens (primary N) is 2. The highest BCUT2D eigenvalue weighted by Gasteiger charge is 2.12. The fraction of sp³-hybridized carbons (Fsp3) is 0.0769. The zero-order valence-corrected chi connectivity index (χ0v) is 12.5. The summed E-state index contributed by atoms with van der Waals surface area (Å²) in [6, 6.07) is 9.58.